The van der Waals surface area contributed by atoms with E-state index in [1.165, 1.54) is 4.90 Å². The van der Waals surface area contributed by atoms with Gasteiger partial charge < -0.3 is 5.11 Å². The molecule has 0 saturated carbocycles. The Kier molecular flexibility index (Phi) is 7.05. The standard InChI is InChI=1S/C23H20BrN5O3S/c1-15(2)28-13-21(32-27-28)26-20(30)14-33-23-25-19(12-16-8-10-17(24)11-9-16)22(31)29(23)18-6-4-3-5-7-18/h3-13,15H,14H2,1-2H3/b19-12+. The lowest BCUT2D eigenvalue weighted by Crippen LogP contribution is -2.36. The molecule has 168 valence electrons. The Morgan fingerprint density at radius 2 is 1.97 bits per heavy atom. The average molecular weight is 526 g/mol. The van der Waals surface area contributed by atoms with E-state index in [9.17, 15) is 9.90 Å². The minimum atomic E-state index is -0.416. The molecule has 0 N–H and O–H groups in total. The van der Waals surface area contributed by atoms with Gasteiger partial charge in [0.05, 0.1) is 5.69 Å². The molecule has 0 radical (unpaired) electrons. The summed E-state index contributed by atoms with van der Waals surface area (Å²) in [5.74, 6) is -0.553. The summed E-state index contributed by atoms with van der Waals surface area (Å²) in [5, 5.41) is 16.7. The second-order valence-electron chi connectivity index (χ2n) is 7.36. The van der Waals surface area contributed by atoms with Gasteiger partial charge in [0.25, 0.3) is 12.1 Å². The first kappa shape index (κ1) is 22.9. The number of hydrogen-bond donors (Lipinski definition) is 0. The third-order valence-corrected chi connectivity index (χ3v) is 6.03. The molecule has 8 nitrogen and oxygen atoms in total. The van der Waals surface area contributed by atoms with E-state index >= 15 is 0 Å². The van der Waals surface area contributed by atoms with Gasteiger partial charge in [-0.25, -0.2) is 9.98 Å². The highest BCUT2D eigenvalue weighted by atomic mass is 79.9. The van der Waals surface area contributed by atoms with Crippen molar-refractivity contribution in [2.24, 2.45) is 9.98 Å². The Bertz CT molecular complexity index is 1240. The van der Waals surface area contributed by atoms with Gasteiger partial charge in [0.15, 0.2) is 11.2 Å². The summed E-state index contributed by atoms with van der Waals surface area (Å²) in [6.07, 6.45) is 3.29. The highest BCUT2D eigenvalue weighted by Gasteiger charge is 2.31. The van der Waals surface area contributed by atoms with Crippen molar-refractivity contribution in [2.75, 3.05) is 10.7 Å². The van der Waals surface area contributed by atoms with Crippen LogP contribution in [0.1, 0.15) is 25.5 Å². The number of halogens is 1. The van der Waals surface area contributed by atoms with Gasteiger partial charge in [0, 0.05) is 10.2 Å². The van der Waals surface area contributed by atoms with E-state index in [4.69, 9.17) is 4.52 Å². The van der Waals surface area contributed by atoms with Gasteiger partial charge in [-0.2, -0.15) is 0 Å². The van der Waals surface area contributed by atoms with Crippen LogP contribution in [0.3, 0.4) is 0 Å². The Morgan fingerprint density at radius 3 is 2.64 bits per heavy atom. The Morgan fingerprint density at radius 1 is 1.24 bits per heavy atom. The van der Waals surface area contributed by atoms with Crippen molar-refractivity contribution in [2.45, 2.75) is 19.9 Å². The highest BCUT2D eigenvalue weighted by molar-refractivity contribution is 9.10. The van der Waals surface area contributed by atoms with Crippen molar-refractivity contribution < 1.29 is 19.1 Å². The van der Waals surface area contributed by atoms with Crippen LogP contribution in [0.15, 0.2) is 85.5 Å². The maximum atomic E-state index is 13.2. The van der Waals surface area contributed by atoms with Crippen LogP contribution in [0.4, 0.5) is 11.6 Å². The zero-order valence-electron chi connectivity index (χ0n) is 17.9. The molecule has 0 bridgehead atoms. The van der Waals surface area contributed by atoms with Gasteiger partial charge in [0.1, 0.15) is 5.70 Å². The van der Waals surface area contributed by atoms with Crippen molar-refractivity contribution >= 4 is 62.3 Å². The number of amidine groups is 1. The fraction of sp³-hybridized carbons (Fsp3) is 0.174. The summed E-state index contributed by atoms with van der Waals surface area (Å²) >= 11 is 4.55. The smallest absolute Gasteiger partial charge is 0.320 e. The van der Waals surface area contributed by atoms with Crippen molar-refractivity contribution in [1.82, 2.24) is 5.27 Å². The third-order valence-electron chi connectivity index (χ3n) is 4.58. The lowest BCUT2D eigenvalue weighted by molar-refractivity contribution is -0.779. The second-order valence-corrected chi connectivity index (χ2v) is 9.22. The highest BCUT2D eigenvalue weighted by Crippen LogP contribution is 2.29. The zero-order chi connectivity index (χ0) is 23.4. The zero-order valence-corrected chi connectivity index (χ0v) is 20.3. The molecule has 1 aromatic heterocycles. The quantitative estimate of drug-likeness (QED) is 0.210. The third kappa shape index (κ3) is 5.58. The molecule has 1 amide bonds. The van der Waals surface area contributed by atoms with Crippen LogP contribution >= 0.6 is 27.7 Å². The number of hydrogen-bond acceptors (Lipinski definition) is 7. The fourth-order valence-electron chi connectivity index (χ4n) is 2.94. The van der Waals surface area contributed by atoms with Gasteiger partial charge in [-0.3, -0.25) is 14.2 Å². The number of carbonyl (C=O) groups is 1. The van der Waals surface area contributed by atoms with E-state index in [1.807, 2.05) is 68.4 Å². The van der Waals surface area contributed by atoms with Crippen LogP contribution in [0.25, 0.3) is 6.08 Å². The molecule has 0 saturated heterocycles. The molecular weight excluding hydrogens is 506 g/mol. The molecule has 0 spiro atoms. The van der Waals surface area contributed by atoms with Gasteiger partial charge >= 0.3 is 5.88 Å². The number of rotatable bonds is 6. The van der Waals surface area contributed by atoms with Crippen LogP contribution < -0.4 is 14.7 Å². The molecule has 33 heavy (non-hydrogen) atoms. The first-order valence-corrected chi connectivity index (χ1v) is 11.9. The monoisotopic (exact) mass is 525 g/mol. The molecule has 4 rings (SSSR count). The number of aromatic nitrogens is 2. The predicted octanol–water partition coefficient (Wildman–Crippen LogP) is 3.87. The summed E-state index contributed by atoms with van der Waals surface area (Å²) in [7, 11) is 0. The SMILES string of the molecule is CC(C)[n+]1cc(/N=C(/[O-])CSC2=N/C(=C/c3ccc(Br)cc3)C(=O)N2c2ccccc2)on1. The summed E-state index contributed by atoms with van der Waals surface area (Å²) in [6.45, 7) is 3.88. The summed E-state index contributed by atoms with van der Waals surface area (Å²) in [6, 6.07) is 16.9. The largest absolute Gasteiger partial charge is 0.861 e. The second kappa shape index (κ2) is 10.1. The molecule has 1 aliphatic heterocycles. The van der Waals surface area contributed by atoms with E-state index in [0.717, 1.165) is 21.8 Å². The van der Waals surface area contributed by atoms with E-state index in [2.05, 4.69) is 31.2 Å². The number of aliphatic imine (C=N–C) groups is 2. The lowest BCUT2D eigenvalue weighted by atomic mass is 10.2. The Balaban J connectivity index is 1.57. The van der Waals surface area contributed by atoms with Crippen LogP contribution in [0.5, 0.6) is 0 Å². The van der Waals surface area contributed by atoms with E-state index in [-0.39, 0.29) is 23.6 Å². The van der Waals surface area contributed by atoms with Crippen molar-refractivity contribution in [3.63, 3.8) is 0 Å². The molecule has 1 aliphatic rings. The van der Waals surface area contributed by atoms with Gasteiger partial charge in [-0.15, -0.1) is 0 Å². The fourth-order valence-corrected chi connectivity index (χ4v) is 4.00. The van der Waals surface area contributed by atoms with E-state index in [0.29, 0.717) is 16.6 Å². The molecule has 0 unspecified atom stereocenters. The Hall–Kier alpha value is -3.24. The van der Waals surface area contributed by atoms with Crippen molar-refractivity contribution in [1.29, 1.82) is 0 Å². The lowest BCUT2D eigenvalue weighted by Gasteiger charge is -2.18. The number of anilines is 1. The summed E-state index contributed by atoms with van der Waals surface area (Å²) in [5.41, 5.74) is 1.81. The number of carbonyl (C=O) groups excluding carboxylic acids is 1. The van der Waals surface area contributed by atoms with Crippen LogP contribution in [0, 0.1) is 0 Å². The maximum absolute atomic E-state index is 13.2. The normalized spacial score (nSPS) is 15.6. The molecule has 0 aliphatic carbocycles. The van der Waals surface area contributed by atoms with E-state index < -0.39 is 5.90 Å². The molecule has 0 atom stereocenters. The molecule has 10 heteroatoms. The number of thioether (sulfide) groups is 1. The molecule has 3 aromatic rings. The predicted molar refractivity (Wildman–Crippen MR) is 130 cm³/mol. The molecular formula is C23H20BrN5O3S. The van der Waals surface area contributed by atoms with Crippen molar-refractivity contribution in [3.05, 3.63) is 76.5 Å². The first-order valence-electron chi connectivity index (χ1n) is 10.1. The Labute approximate surface area is 203 Å². The van der Waals surface area contributed by atoms with Gasteiger partial charge in [-0.05, 0) is 60.3 Å². The van der Waals surface area contributed by atoms with Crippen LogP contribution in [-0.4, -0.2) is 28.0 Å². The van der Waals surface area contributed by atoms with Crippen LogP contribution in [0.2, 0.25) is 0 Å². The number of amides is 1. The summed E-state index contributed by atoms with van der Waals surface area (Å²) in [4.78, 5) is 23.1. The van der Waals surface area contributed by atoms with Crippen LogP contribution in [-0.2, 0) is 4.79 Å². The molecule has 0 fully saturated rings. The molecule has 2 heterocycles. The van der Waals surface area contributed by atoms with Crippen molar-refractivity contribution in [3.8, 4) is 0 Å². The average Bonchev–Trinajstić information content (AvgIpc) is 3.39. The minimum absolute atomic E-state index is 0.0105. The summed E-state index contributed by atoms with van der Waals surface area (Å²) < 4.78 is 7.60. The van der Waals surface area contributed by atoms with Gasteiger partial charge in [-0.1, -0.05) is 58.0 Å². The molecule has 2 aromatic carbocycles. The first-order chi connectivity index (χ1) is 15.9. The topological polar surface area (TPSA) is 98.0 Å². The van der Waals surface area contributed by atoms with E-state index in [1.54, 1.807) is 17.0 Å². The minimum Gasteiger partial charge on any atom is -0.861 e. The maximum Gasteiger partial charge on any atom is 0.320 e. The number of benzene rings is 2. The number of para-hydroxylation sites is 1. The van der Waals surface area contributed by atoms with Gasteiger partial charge in [0.2, 0.25) is 5.27 Å². The number of nitrogens with zero attached hydrogens (tertiary/aromatic N) is 5.